The van der Waals surface area contributed by atoms with Gasteiger partial charge in [-0.15, -0.1) is 0 Å². The van der Waals surface area contributed by atoms with Crippen LogP contribution in [0, 0.1) is 11.3 Å². The zero-order valence-electron chi connectivity index (χ0n) is 9.16. The lowest BCUT2D eigenvalue weighted by Gasteiger charge is -2.14. The zero-order valence-corrected chi connectivity index (χ0v) is 9.16. The number of methoxy groups -OCH3 is 1. The Bertz CT molecular complexity index is 431. The van der Waals surface area contributed by atoms with Crippen LogP contribution in [0.1, 0.15) is 23.5 Å². The normalized spacial score (nSPS) is 19.4. The molecule has 0 bridgehead atoms. The Morgan fingerprint density at radius 2 is 2.38 bits per heavy atom. The Morgan fingerprint density at radius 1 is 1.56 bits per heavy atom. The molecule has 2 rings (SSSR count). The lowest BCUT2D eigenvalue weighted by atomic mass is 9.95. The van der Waals surface area contributed by atoms with Crippen LogP contribution < -0.4 is 10.1 Å². The second kappa shape index (κ2) is 4.42. The van der Waals surface area contributed by atoms with Crippen molar-refractivity contribution in [3.63, 3.8) is 0 Å². The van der Waals surface area contributed by atoms with Gasteiger partial charge in [-0.05, 0) is 19.0 Å². The highest BCUT2D eigenvalue weighted by Gasteiger charge is 2.21. The third-order valence-corrected chi connectivity index (χ3v) is 2.97. The fourth-order valence-corrected chi connectivity index (χ4v) is 2.09. The summed E-state index contributed by atoms with van der Waals surface area (Å²) in [6.45, 7) is 1.88. The molecule has 1 heterocycles. The van der Waals surface area contributed by atoms with E-state index in [1.54, 1.807) is 13.2 Å². The van der Waals surface area contributed by atoms with Crippen molar-refractivity contribution in [3.8, 4) is 17.6 Å². The fourth-order valence-electron chi connectivity index (χ4n) is 2.09. The molecule has 1 aromatic rings. The van der Waals surface area contributed by atoms with Gasteiger partial charge in [0, 0.05) is 24.1 Å². The Morgan fingerprint density at radius 3 is 2.94 bits per heavy atom. The van der Waals surface area contributed by atoms with Gasteiger partial charge in [-0.1, -0.05) is 0 Å². The van der Waals surface area contributed by atoms with E-state index in [9.17, 15) is 5.11 Å². The summed E-state index contributed by atoms with van der Waals surface area (Å²) < 4.78 is 5.24. The average Bonchev–Trinajstić information content (AvgIpc) is 2.82. The van der Waals surface area contributed by atoms with Gasteiger partial charge in [0.15, 0.2) is 0 Å². The first kappa shape index (κ1) is 10.8. The predicted octanol–water partition coefficient (Wildman–Crippen LogP) is 1.35. The first-order valence-electron chi connectivity index (χ1n) is 5.28. The molecular weight excluding hydrogens is 204 g/mol. The molecule has 0 saturated carbocycles. The monoisotopic (exact) mass is 218 g/mol. The van der Waals surface area contributed by atoms with Gasteiger partial charge >= 0.3 is 0 Å². The highest BCUT2D eigenvalue weighted by atomic mass is 16.5. The lowest BCUT2D eigenvalue weighted by molar-refractivity contribution is 0.399. The van der Waals surface area contributed by atoms with Crippen molar-refractivity contribution in [2.24, 2.45) is 0 Å². The highest BCUT2D eigenvalue weighted by molar-refractivity contribution is 5.52. The minimum absolute atomic E-state index is 0.0194. The summed E-state index contributed by atoms with van der Waals surface area (Å²) in [5, 5.41) is 21.7. The average molecular weight is 218 g/mol. The van der Waals surface area contributed by atoms with Crippen LogP contribution in [0.15, 0.2) is 12.1 Å². The van der Waals surface area contributed by atoms with Crippen molar-refractivity contribution in [1.82, 2.24) is 5.32 Å². The molecule has 16 heavy (non-hydrogen) atoms. The molecule has 2 N–H and O–H groups in total. The molecule has 0 aliphatic carbocycles. The van der Waals surface area contributed by atoms with Gasteiger partial charge in [0.05, 0.1) is 12.7 Å². The highest BCUT2D eigenvalue weighted by Crippen LogP contribution is 2.35. The molecule has 0 spiro atoms. The maximum atomic E-state index is 9.57. The minimum atomic E-state index is -0.0194. The Balaban J connectivity index is 2.45. The van der Waals surface area contributed by atoms with Crippen LogP contribution in [0.5, 0.6) is 11.5 Å². The molecule has 1 unspecified atom stereocenters. The largest absolute Gasteiger partial charge is 0.506 e. The molecule has 1 aliphatic rings. The van der Waals surface area contributed by atoms with Gasteiger partial charge in [-0.25, -0.2) is 0 Å². The Labute approximate surface area is 94.5 Å². The number of ether oxygens (including phenoxy) is 1. The third-order valence-electron chi connectivity index (χ3n) is 2.97. The third kappa shape index (κ3) is 1.82. The van der Waals surface area contributed by atoms with Crippen LogP contribution in [-0.4, -0.2) is 25.3 Å². The van der Waals surface area contributed by atoms with Crippen LogP contribution in [0.25, 0.3) is 0 Å². The lowest BCUT2D eigenvalue weighted by Crippen LogP contribution is -2.09. The van der Waals surface area contributed by atoms with Crippen LogP contribution in [0.3, 0.4) is 0 Å². The maximum absolute atomic E-state index is 9.57. The zero-order chi connectivity index (χ0) is 11.5. The number of benzene rings is 1. The van der Waals surface area contributed by atoms with Gasteiger partial charge < -0.3 is 15.2 Å². The Hall–Kier alpha value is -1.73. The smallest absolute Gasteiger partial charge is 0.137 e. The number of nitrogens with one attached hydrogen (secondary N) is 1. The molecule has 4 heteroatoms. The molecule has 84 valence electrons. The molecule has 1 atom stereocenters. The predicted molar refractivity (Wildman–Crippen MR) is 59.6 cm³/mol. The number of aromatic hydroxyl groups is 1. The van der Waals surface area contributed by atoms with E-state index in [1.165, 1.54) is 6.07 Å². The summed E-state index contributed by atoms with van der Waals surface area (Å²) in [6, 6.07) is 5.23. The number of hydrogen-bond acceptors (Lipinski definition) is 4. The maximum Gasteiger partial charge on any atom is 0.137 e. The molecule has 1 saturated heterocycles. The molecule has 1 fully saturated rings. The topological polar surface area (TPSA) is 65.3 Å². The van der Waals surface area contributed by atoms with E-state index in [4.69, 9.17) is 10.00 Å². The van der Waals surface area contributed by atoms with E-state index in [0.29, 0.717) is 17.2 Å². The second-order valence-corrected chi connectivity index (χ2v) is 3.91. The van der Waals surface area contributed by atoms with Crippen molar-refractivity contribution in [2.45, 2.75) is 12.3 Å². The SMILES string of the molecule is COc1cc(O)c(C#N)cc1C1CCNC1. The summed E-state index contributed by atoms with van der Waals surface area (Å²) in [4.78, 5) is 0. The van der Waals surface area contributed by atoms with Gasteiger partial charge in [0.25, 0.3) is 0 Å². The number of hydrogen-bond donors (Lipinski definition) is 2. The van der Waals surface area contributed by atoms with Crippen molar-refractivity contribution >= 4 is 0 Å². The second-order valence-electron chi connectivity index (χ2n) is 3.91. The standard InChI is InChI=1S/C12H14N2O2/c1-16-12-5-11(15)9(6-13)4-10(12)8-2-3-14-7-8/h4-5,8,14-15H,2-3,7H2,1H3. The van der Waals surface area contributed by atoms with Crippen molar-refractivity contribution < 1.29 is 9.84 Å². The number of nitriles is 1. The van der Waals surface area contributed by atoms with E-state index < -0.39 is 0 Å². The number of phenols is 1. The molecule has 4 nitrogen and oxygen atoms in total. The molecule has 0 aromatic heterocycles. The van der Waals surface area contributed by atoms with Gasteiger partial charge in [-0.2, -0.15) is 5.26 Å². The number of phenolic OH excluding ortho intramolecular Hbond substituents is 1. The van der Waals surface area contributed by atoms with E-state index in [1.807, 2.05) is 6.07 Å². The summed E-state index contributed by atoms with van der Waals surface area (Å²) in [7, 11) is 1.58. The molecule has 1 aliphatic heterocycles. The summed E-state index contributed by atoms with van der Waals surface area (Å²) in [5.41, 5.74) is 1.31. The van der Waals surface area contributed by atoms with Gasteiger partial charge in [0.1, 0.15) is 17.6 Å². The Kier molecular flexibility index (Phi) is 2.97. The van der Waals surface area contributed by atoms with E-state index >= 15 is 0 Å². The van der Waals surface area contributed by atoms with Crippen molar-refractivity contribution in [2.75, 3.05) is 20.2 Å². The van der Waals surface area contributed by atoms with E-state index in [-0.39, 0.29) is 5.75 Å². The molecule has 1 aromatic carbocycles. The van der Waals surface area contributed by atoms with Crippen LogP contribution in [0.4, 0.5) is 0 Å². The first-order chi connectivity index (χ1) is 7.76. The quantitative estimate of drug-likeness (QED) is 0.786. The van der Waals surface area contributed by atoms with Crippen LogP contribution in [-0.2, 0) is 0 Å². The summed E-state index contributed by atoms with van der Waals surface area (Å²) in [6.07, 6.45) is 1.03. The minimum Gasteiger partial charge on any atom is -0.506 e. The summed E-state index contributed by atoms with van der Waals surface area (Å²) in [5.74, 6) is 1.00. The van der Waals surface area contributed by atoms with Gasteiger partial charge in [0.2, 0.25) is 0 Å². The number of rotatable bonds is 2. The van der Waals surface area contributed by atoms with E-state index in [2.05, 4.69) is 5.32 Å². The first-order valence-corrected chi connectivity index (χ1v) is 5.28. The number of nitrogens with zero attached hydrogens (tertiary/aromatic N) is 1. The van der Waals surface area contributed by atoms with Crippen molar-refractivity contribution in [1.29, 1.82) is 5.26 Å². The van der Waals surface area contributed by atoms with Crippen LogP contribution >= 0.6 is 0 Å². The van der Waals surface area contributed by atoms with E-state index in [0.717, 1.165) is 25.1 Å². The van der Waals surface area contributed by atoms with Crippen LogP contribution in [0.2, 0.25) is 0 Å². The van der Waals surface area contributed by atoms with Crippen molar-refractivity contribution in [3.05, 3.63) is 23.3 Å². The fraction of sp³-hybridized carbons (Fsp3) is 0.417. The van der Waals surface area contributed by atoms with Gasteiger partial charge in [-0.3, -0.25) is 0 Å². The summed E-state index contributed by atoms with van der Waals surface area (Å²) >= 11 is 0. The molecular formula is C12H14N2O2. The molecule has 0 radical (unpaired) electrons. The molecule has 0 amide bonds.